The second kappa shape index (κ2) is 4.03. The molecule has 2 heterocycles. The minimum Gasteiger partial charge on any atom is -0.345 e. The van der Waals surface area contributed by atoms with Gasteiger partial charge in [0.2, 0.25) is 5.13 Å². The summed E-state index contributed by atoms with van der Waals surface area (Å²) >= 11 is 7.71. The summed E-state index contributed by atoms with van der Waals surface area (Å²) in [6, 6.07) is 0. The molecule has 0 aliphatic carbocycles. The van der Waals surface area contributed by atoms with Crippen LogP contribution in [0.15, 0.2) is 0 Å². The predicted octanol–water partition coefficient (Wildman–Crippen LogP) is 2.30. The number of hydrogen-bond donors (Lipinski definition) is 0. The second-order valence-electron chi connectivity index (χ2n) is 3.71. The summed E-state index contributed by atoms with van der Waals surface area (Å²) in [6.07, 6.45) is 1.14. The Morgan fingerprint density at radius 1 is 1.57 bits per heavy atom. The molecule has 3 nitrogen and oxygen atoms in total. The van der Waals surface area contributed by atoms with E-state index >= 15 is 0 Å². The summed E-state index contributed by atoms with van der Waals surface area (Å²) in [5.41, 5.74) is 0. The molecule has 14 heavy (non-hydrogen) atoms. The van der Waals surface area contributed by atoms with Crippen LogP contribution in [-0.2, 0) is 0 Å². The lowest BCUT2D eigenvalue weighted by Crippen LogP contribution is -2.19. The lowest BCUT2D eigenvalue weighted by atomic mass is 10.1. The molecule has 1 aromatic rings. The van der Waals surface area contributed by atoms with Gasteiger partial charge >= 0.3 is 0 Å². The van der Waals surface area contributed by atoms with Crippen molar-refractivity contribution in [3.63, 3.8) is 0 Å². The average molecular weight is 232 g/mol. The third-order valence-electron chi connectivity index (χ3n) is 2.67. The maximum Gasteiger partial charge on any atom is 0.205 e. The minimum atomic E-state index is 0.268. The molecular weight excluding hydrogens is 218 g/mol. The van der Waals surface area contributed by atoms with Crippen LogP contribution in [0.3, 0.4) is 0 Å². The Balaban J connectivity index is 2.08. The van der Waals surface area contributed by atoms with Crippen molar-refractivity contribution < 1.29 is 0 Å². The van der Waals surface area contributed by atoms with Crippen molar-refractivity contribution >= 4 is 28.3 Å². The zero-order chi connectivity index (χ0) is 10.1. The smallest absolute Gasteiger partial charge is 0.205 e. The Labute approximate surface area is 93.3 Å². The van der Waals surface area contributed by atoms with E-state index in [0.29, 0.717) is 5.92 Å². The first-order chi connectivity index (χ1) is 6.70. The molecule has 0 amide bonds. The second-order valence-corrected chi connectivity index (χ2v) is 5.00. The van der Waals surface area contributed by atoms with Crippen LogP contribution < -0.4 is 4.90 Å². The quantitative estimate of drug-likeness (QED) is 0.732. The Morgan fingerprint density at radius 3 is 2.86 bits per heavy atom. The Morgan fingerprint density at radius 2 is 2.36 bits per heavy atom. The number of halogens is 1. The molecule has 2 unspecified atom stereocenters. The van der Waals surface area contributed by atoms with Gasteiger partial charge in [0.15, 0.2) is 0 Å². The zero-order valence-corrected chi connectivity index (χ0v) is 9.98. The topological polar surface area (TPSA) is 29.0 Å². The third kappa shape index (κ3) is 1.86. The van der Waals surface area contributed by atoms with E-state index in [1.54, 1.807) is 0 Å². The van der Waals surface area contributed by atoms with Crippen molar-refractivity contribution in [1.29, 1.82) is 0 Å². The van der Waals surface area contributed by atoms with Crippen molar-refractivity contribution in [3.05, 3.63) is 5.82 Å². The minimum absolute atomic E-state index is 0.268. The van der Waals surface area contributed by atoms with E-state index in [1.807, 2.05) is 6.92 Å². The predicted molar refractivity (Wildman–Crippen MR) is 60.3 cm³/mol. The van der Waals surface area contributed by atoms with Crippen LogP contribution in [0.5, 0.6) is 0 Å². The zero-order valence-electron chi connectivity index (χ0n) is 8.40. The fourth-order valence-corrected chi connectivity index (χ4v) is 2.90. The summed E-state index contributed by atoms with van der Waals surface area (Å²) in [5, 5.41) is 1.29. The van der Waals surface area contributed by atoms with Gasteiger partial charge in [-0.1, -0.05) is 13.3 Å². The van der Waals surface area contributed by atoms with Crippen LogP contribution in [0, 0.1) is 12.8 Å². The van der Waals surface area contributed by atoms with Crippen molar-refractivity contribution in [2.24, 2.45) is 5.92 Å². The van der Waals surface area contributed by atoms with E-state index < -0.39 is 0 Å². The number of hydrogen-bond acceptors (Lipinski definition) is 4. The van der Waals surface area contributed by atoms with E-state index in [9.17, 15) is 0 Å². The van der Waals surface area contributed by atoms with E-state index in [4.69, 9.17) is 11.6 Å². The van der Waals surface area contributed by atoms with Crippen LogP contribution in [0.1, 0.15) is 19.2 Å². The van der Waals surface area contributed by atoms with Gasteiger partial charge in [-0.15, -0.1) is 11.6 Å². The molecule has 0 N–H and O–H groups in total. The Kier molecular flexibility index (Phi) is 2.93. The van der Waals surface area contributed by atoms with Crippen LogP contribution in [-0.4, -0.2) is 27.8 Å². The van der Waals surface area contributed by atoms with Gasteiger partial charge in [0.1, 0.15) is 5.82 Å². The number of aromatic nitrogens is 2. The lowest BCUT2D eigenvalue weighted by molar-refractivity contribution is 0.575. The Bertz CT molecular complexity index is 315. The molecule has 0 spiro atoms. The molecule has 1 aromatic heterocycles. The summed E-state index contributed by atoms with van der Waals surface area (Å²) < 4.78 is 4.18. The van der Waals surface area contributed by atoms with Crippen LogP contribution in [0.4, 0.5) is 5.13 Å². The number of rotatable bonds is 2. The number of nitrogens with zero attached hydrogens (tertiary/aromatic N) is 3. The third-order valence-corrected chi connectivity index (χ3v) is 4.04. The van der Waals surface area contributed by atoms with Crippen LogP contribution in [0.25, 0.3) is 0 Å². The number of anilines is 1. The molecule has 0 aromatic carbocycles. The molecule has 1 saturated heterocycles. The highest BCUT2D eigenvalue weighted by Gasteiger charge is 2.31. The first-order valence-corrected chi connectivity index (χ1v) is 6.11. The van der Waals surface area contributed by atoms with Crippen molar-refractivity contribution in [1.82, 2.24) is 9.36 Å². The first-order valence-electron chi connectivity index (χ1n) is 4.90. The van der Waals surface area contributed by atoms with Crippen LogP contribution in [0.2, 0.25) is 0 Å². The normalized spacial score (nSPS) is 27.2. The maximum absolute atomic E-state index is 6.24. The SMILES string of the molecule is CCC1CN(c2nc(C)ns2)CC1Cl. The monoisotopic (exact) mass is 231 g/mol. The molecular formula is C9H14ClN3S. The standard InChI is InChI=1S/C9H14ClN3S/c1-3-7-4-13(5-8(7)10)9-11-6(2)12-14-9/h7-8H,3-5H2,1-2H3. The molecule has 2 atom stereocenters. The summed E-state index contributed by atoms with van der Waals surface area (Å²) in [7, 11) is 0. The number of aryl methyl sites for hydroxylation is 1. The molecule has 5 heteroatoms. The summed E-state index contributed by atoms with van der Waals surface area (Å²) in [5.74, 6) is 1.46. The van der Waals surface area contributed by atoms with Gasteiger partial charge in [0.05, 0.1) is 5.38 Å². The van der Waals surface area contributed by atoms with Crippen LogP contribution >= 0.6 is 23.1 Å². The number of alkyl halides is 1. The summed E-state index contributed by atoms with van der Waals surface area (Å²) in [4.78, 5) is 6.62. The van der Waals surface area contributed by atoms with Gasteiger partial charge in [-0.25, -0.2) is 4.98 Å². The molecule has 2 rings (SSSR count). The van der Waals surface area contributed by atoms with Gasteiger partial charge in [0, 0.05) is 24.6 Å². The molecule has 1 aliphatic heterocycles. The summed E-state index contributed by atoms with van der Waals surface area (Å²) in [6.45, 7) is 6.05. The largest absolute Gasteiger partial charge is 0.345 e. The van der Waals surface area contributed by atoms with Gasteiger partial charge in [-0.2, -0.15) is 4.37 Å². The van der Waals surface area contributed by atoms with E-state index in [0.717, 1.165) is 30.5 Å². The van der Waals surface area contributed by atoms with Gasteiger partial charge in [0.25, 0.3) is 0 Å². The molecule has 1 fully saturated rings. The highest BCUT2D eigenvalue weighted by molar-refractivity contribution is 7.09. The van der Waals surface area contributed by atoms with Crippen molar-refractivity contribution in [3.8, 4) is 0 Å². The Hall–Kier alpha value is -0.350. The molecule has 1 aliphatic rings. The van der Waals surface area contributed by atoms with E-state index in [2.05, 4.69) is 21.2 Å². The van der Waals surface area contributed by atoms with E-state index in [1.165, 1.54) is 11.5 Å². The molecule has 0 saturated carbocycles. The van der Waals surface area contributed by atoms with Crippen molar-refractivity contribution in [2.45, 2.75) is 25.6 Å². The lowest BCUT2D eigenvalue weighted by Gasteiger charge is -2.12. The van der Waals surface area contributed by atoms with Gasteiger partial charge in [-0.05, 0) is 12.8 Å². The highest BCUT2D eigenvalue weighted by atomic mass is 35.5. The van der Waals surface area contributed by atoms with Gasteiger partial charge < -0.3 is 4.90 Å². The fraction of sp³-hybridized carbons (Fsp3) is 0.778. The van der Waals surface area contributed by atoms with Crippen molar-refractivity contribution in [2.75, 3.05) is 18.0 Å². The highest BCUT2D eigenvalue weighted by Crippen LogP contribution is 2.29. The molecule has 0 radical (unpaired) electrons. The van der Waals surface area contributed by atoms with Gasteiger partial charge in [-0.3, -0.25) is 0 Å². The molecule has 78 valence electrons. The average Bonchev–Trinajstić information content (AvgIpc) is 2.71. The molecule has 0 bridgehead atoms. The maximum atomic E-state index is 6.24. The first kappa shape index (κ1) is 10.2. The van der Waals surface area contributed by atoms with E-state index in [-0.39, 0.29) is 5.38 Å². The fourth-order valence-electron chi connectivity index (χ4n) is 1.79.